The van der Waals surface area contributed by atoms with Crippen LogP contribution in [0.1, 0.15) is 6.92 Å². The predicted molar refractivity (Wildman–Crippen MR) is 110 cm³/mol. The zero-order valence-electron chi connectivity index (χ0n) is 15.9. The quantitative estimate of drug-likeness (QED) is 0.726. The van der Waals surface area contributed by atoms with E-state index in [1.165, 1.54) is 6.92 Å². The number of anilines is 2. The molecule has 0 radical (unpaired) electrons. The van der Waals surface area contributed by atoms with Crippen LogP contribution in [-0.4, -0.2) is 24.5 Å². The molecule has 1 unspecified atom stereocenters. The van der Waals surface area contributed by atoms with E-state index in [-0.39, 0.29) is 18.4 Å². The molecule has 146 valence electrons. The second kappa shape index (κ2) is 8.06. The van der Waals surface area contributed by atoms with E-state index >= 15 is 0 Å². The Balaban J connectivity index is 1.54. The number of fused-ring (bicyclic) bond motifs is 1. The molecular formula is C23H20N2O4. The fourth-order valence-electron chi connectivity index (χ4n) is 3.16. The van der Waals surface area contributed by atoms with Crippen LogP contribution in [0.2, 0.25) is 0 Å². The molecule has 29 heavy (non-hydrogen) atoms. The monoisotopic (exact) mass is 388 g/mol. The number of carbonyl (C=O) groups is 2. The molecule has 0 saturated heterocycles. The zero-order valence-corrected chi connectivity index (χ0v) is 15.9. The maximum Gasteiger partial charge on any atom is 0.267 e. The molecule has 0 bridgehead atoms. The van der Waals surface area contributed by atoms with Gasteiger partial charge in [0, 0.05) is 6.92 Å². The summed E-state index contributed by atoms with van der Waals surface area (Å²) in [5.74, 6) is 1.19. The second-order valence-electron chi connectivity index (χ2n) is 6.60. The van der Waals surface area contributed by atoms with E-state index in [1.807, 2.05) is 48.5 Å². The van der Waals surface area contributed by atoms with Crippen LogP contribution >= 0.6 is 0 Å². The van der Waals surface area contributed by atoms with E-state index in [4.69, 9.17) is 9.47 Å². The Morgan fingerprint density at radius 3 is 2.45 bits per heavy atom. The highest BCUT2D eigenvalue weighted by atomic mass is 16.5. The number of hydrogen-bond acceptors (Lipinski definition) is 4. The summed E-state index contributed by atoms with van der Waals surface area (Å²) < 4.78 is 11.8. The van der Waals surface area contributed by atoms with Gasteiger partial charge in [0.25, 0.3) is 5.91 Å². The minimum absolute atomic E-state index is 0.139. The molecule has 1 N–H and O–H groups in total. The third-order valence-corrected chi connectivity index (χ3v) is 4.56. The van der Waals surface area contributed by atoms with Crippen LogP contribution in [0.4, 0.5) is 11.4 Å². The summed E-state index contributed by atoms with van der Waals surface area (Å²) in [7, 11) is 0. The average Bonchev–Trinajstić information content (AvgIpc) is 2.75. The molecule has 4 rings (SSSR count). The van der Waals surface area contributed by atoms with Crippen molar-refractivity contribution in [1.82, 2.24) is 0 Å². The van der Waals surface area contributed by atoms with Crippen LogP contribution in [0, 0.1) is 0 Å². The normalized spacial score (nSPS) is 15.1. The molecule has 2 amide bonds. The molecule has 6 nitrogen and oxygen atoms in total. The summed E-state index contributed by atoms with van der Waals surface area (Å²) in [5, 5.41) is 2.86. The highest BCUT2D eigenvalue weighted by molar-refractivity contribution is 6.00. The van der Waals surface area contributed by atoms with Crippen molar-refractivity contribution in [2.45, 2.75) is 13.0 Å². The van der Waals surface area contributed by atoms with E-state index in [0.717, 1.165) is 0 Å². The molecule has 0 aromatic heterocycles. The zero-order chi connectivity index (χ0) is 20.2. The van der Waals surface area contributed by atoms with Gasteiger partial charge in [0.05, 0.1) is 17.9 Å². The van der Waals surface area contributed by atoms with Gasteiger partial charge < -0.3 is 19.7 Å². The molecule has 0 fully saturated rings. The number of para-hydroxylation sites is 5. The van der Waals surface area contributed by atoms with Gasteiger partial charge in [0.1, 0.15) is 11.5 Å². The molecule has 6 heteroatoms. The van der Waals surface area contributed by atoms with Crippen LogP contribution in [0.5, 0.6) is 17.2 Å². The number of rotatable bonds is 4. The minimum Gasteiger partial charge on any atom is -0.476 e. The lowest BCUT2D eigenvalue weighted by Crippen LogP contribution is -2.48. The second-order valence-corrected chi connectivity index (χ2v) is 6.60. The smallest absolute Gasteiger partial charge is 0.267 e. The fraction of sp³-hybridized carbons (Fsp3) is 0.130. The van der Waals surface area contributed by atoms with Gasteiger partial charge in [0.2, 0.25) is 5.91 Å². The van der Waals surface area contributed by atoms with Crippen molar-refractivity contribution in [3.63, 3.8) is 0 Å². The topological polar surface area (TPSA) is 67.9 Å². The Kier molecular flexibility index (Phi) is 5.16. The highest BCUT2D eigenvalue weighted by Crippen LogP contribution is 2.34. The Labute approximate surface area is 168 Å². The van der Waals surface area contributed by atoms with Gasteiger partial charge in [-0.3, -0.25) is 9.59 Å². The first-order valence-electron chi connectivity index (χ1n) is 9.28. The van der Waals surface area contributed by atoms with Crippen LogP contribution in [0.15, 0.2) is 78.9 Å². The molecule has 3 aromatic carbocycles. The SMILES string of the molecule is CC(=O)N1CC(C(=O)Nc2ccccc2Oc2ccccc2)Oc2ccccc21. The lowest BCUT2D eigenvalue weighted by Gasteiger charge is -2.33. The van der Waals surface area contributed by atoms with Crippen molar-refractivity contribution < 1.29 is 19.1 Å². The van der Waals surface area contributed by atoms with E-state index in [9.17, 15) is 9.59 Å². The Hall–Kier alpha value is -3.80. The van der Waals surface area contributed by atoms with Crippen molar-refractivity contribution in [2.24, 2.45) is 0 Å². The largest absolute Gasteiger partial charge is 0.476 e. The third kappa shape index (κ3) is 4.06. The molecule has 0 aliphatic carbocycles. The Morgan fingerprint density at radius 2 is 1.66 bits per heavy atom. The van der Waals surface area contributed by atoms with Crippen molar-refractivity contribution in [3.8, 4) is 17.2 Å². The lowest BCUT2D eigenvalue weighted by molar-refractivity contribution is -0.123. The third-order valence-electron chi connectivity index (χ3n) is 4.56. The molecule has 1 heterocycles. The number of nitrogens with zero attached hydrogens (tertiary/aromatic N) is 1. The van der Waals surface area contributed by atoms with Gasteiger partial charge in [-0.05, 0) is 36.4 Å². The average molecular weight is 388 g/mol. The van der Waals surface area contributed by atoms with Gasteiger partial charge in [-0.25, -0.2) is 0 Å². The lowest BCUT2D eigenvalue weighted by atomic mass is 10.1. The Morgan fingerprint density at radius 1 is 0.966 bits per heavy atom. The van der Waals surface area contributed by atoms with E-state index in [0.29, 0.717) is 28.6 Å². The van der Waals surface area contributed by atoms with Crippen LogP contribution < -0.4 is 19.7 Å². The number of nitrogens with one attached hydrogen (secondary N) is 1. The summed E-state index contributed by atoms with van der Waals surface area (Å²) >= 11 is 0. The molecular weight excluding hydrogens is 368 g/mol. The molecule has 3 aromatic rings. The standard InChI is InChI=1S/C23H20N2O4/c1-16(26)25-15-22(29-21-14-8-6-12-19(21)25)23(27)24-18-11-5-7-13-20(18)28-17-9-3-2-4-10-17/h2-14,22H,15H2,1H3,(H,24,27). The number of hydrogen-bond donors (Lipinski definition) is 1. The van der Waals surface area contributed by atoms with Crippen molar-refractivity contribution in [2.75, 3.05) is 16.8 Å². The van der Waals surface area contributed by atoms with Gasteiger partial charge in [-0.1, -0.05) is 42.5 Å². The van der Waals surface area contributed by atoms with Crippen molar-refractivity contribution in [1.29, 1.82) is 0 Å². The predicted octanol–water partition coefficient (Wildman–Crippen LogP) is 4.23. The number of amides is 2. The maximum atomic E-state index is 12.9. The Bertz CT molecular complexity index is 1040. The maximum absolute atomic E-state index is 12.9. The highest BCUT2D eigenvalue weighted by Gasteiger charge is 2.32. The summed E-state index contributed by atoms with van der Waals surface area (Å²) in [4.78, 5) is 26.5. The first-order chi connectivity index (χ1) is 14.1. The van der Waals surface area contributed by atoms with Gasteiger partial charge in [-0.2, -0.15) is 0 Å². The first kappa shape index (κ1) is 18.6. The number of benzene rings is 3. The van der Waals surface area contributed by atoms with Crippen LogP contribution in [0.25, 0.3) is 0 Å². The number of carbonyl (C=O) groups excluding carboxylic acids is 2. The summed E-state index contributed by atoms with van der Waals surface area (Å²) in [5.41, 5.74) is 1.19. The fourth-order valence-corrected chi connectivity index (χ4v) is 3.16. The van der Waals surface area contributed by atoms with Gasteiger partial charge in [0.15, 0.2) is 11.9 Å². The van der Waals surface area contributed by atoms with E-state index in [1.54, 1.807) is 35.2 Å². The van der Waals surface area contributed by atoms with E-state index < -0.39 is 6.10 Å². The van der Waals surface area contributed by atoms with Crippen molar-refractivity contribution in [3.05, 3.63) is 78.9 Å². The molecule has 0 saturated carbocycles. The molecule has 1 aliphatic heterocycles. The van der Waals surface area contributed by atoms with Crippen LogP contribution in [0.3, 0.4) is 0 Å². The summed E-state index contributed by atoms with van der Waals surface area (Å²) in [6, 6.07) is 23.7. The van der Waals surface area contributed by atoms with Gasteiger partial charge in [-0.15, -0.1) is 0 Å². The minimum atomic E-state index is -0.835. The van der Waals surface area contributed by atoms with Crippen molar-refractivity contribution >= 4 is 23.2 Å². The number of ether oxygens (including phenoxy) is 2. The van der Waals surface area contributed by atoms with Crippen LogP contribution in [-0.2, 0) is 9.59 Å². The summed E-state index contributed by atoms with van der Waals surface area (Å²) in [6.07, 6.45) is -0.835. The van der Waals surface area contributed by atoms with Gasteiger partial charge >= 0.3 is 0 Å². The summed E-state index contributed by atoms with van der Waals surface area (Å²) in [6.45, 7) is 1.61. The first-order valence-corrected chi connectivity index (χ1v) is 9.28. The molecule has 0 spiro atoms. The molecule has 1 aliphatic rings. The van der Waals surface area contributed by atoms with E-state index in [2.05, 4.69) is 5.32 Å². The molecule has 1 atom stereocenters.